The number of amides is 1. The van der Waals surface area contributed by atoms with Crippen LogP contribution in [0.2, 0.25) is 5.02 Å². The standard InChI is InChI=1S/C18H17ClF3NO2/c1-3-12-5-4-6-14(9-12)25-11(2)17(24)23-16-10-13(18(20,21)22)7-8-15(16)19/h4-11H,3H2,1-2H3,(H,23,24). The number of halogens is 4. The third kappa shape index (κ3) is 5.13. The van der Waals surface area contributed by atoms with Crippen molar-refractivity contribution in [1.29, 1.82) is 0 Å². The van der Waals surface area contributed by atoms with Crippen LogP contribution in [0.5, 0.6) is 5.75 Å². The Morgan fingerprint density at radius 3 is 2.60 bits per heavy atom. The van der Waals surface area contributed by atoms with Crippen LogP contribution in [-0.2, 0) is 17.4 Å². The molecular weight excluding hydrogens is 355 g/mol. The summed E-state index contributed by atoms with van der Waals surface area (Å²) in [5.74, 6) is -0.0831. The van der Waals surface area contributed by atoms with Gasteiger partial charge in [-0.1, -0.05) is 30.7 Å². The minimum atomic E-state index is -4.52. The van der Waals surface area contributed by atoms with Crippen molar-refractivity contribution in [2.24, 2.45) is 0 Å². The summed E-state index contributed by atoms with van der Waals surface area (Å²) in [6.07, 6.45) is -4.61. The topological polar surface area (TPSA) is 38.3 Å². The zero-order chi connectivity index (χ0) is 18.6. The lowest BCUT2D eigenvalue weighted by Crippen LogP contribution is -2.30. The highest BCUT2D eigenvalue weighted by atomic mass is 35.5. The number of benzene rings is 2. The molecule has 2 aromatic rings. The molecule has 25 heavy (non-hydrogen) atoms. The highest BCUT2D eigenvalue weighted by molar-refractivity contribution is 6.33. The van der Waals surface area contributed by atoms with Crippen LogP contribution in [0.15, 0.2) is 42.5 Å². The largest absolute Gasteiger partial charge is 0.481 e. The van der Waals surface area contributed by atoms with Gasteiger partial charge in [0.15, 0.2) is 6.10 Å². The van der Waals surface area contributed by atoms with Crippen molar-refractivity contribution in [2.75, 3.05) is 5.32 Å². The van der Waals surface area contributed by atoms with E-state index < -0.39 is 23.8 Å². The maximum Gasteiger partial charge on any atom is 0.416 e. The lowest BCUT2D eigenvalue weighted by molar-refractivity contribution is -0.137. The van der Waals surface area contributed by atoms with E-state index in [0.717, 1.165) is 30.2 Å². The zero-order valence-corrected chi connectivity index (χ0v) is 14.4. The summed E-state index contributed by atoms with van der Waals surface area (Å²) >= 11 is 5.87. The fourth-order valence-electron chi connectivity index (χ4n) is 2.13. The van der Waals surface area contributed by atoms with E-state index in [1.54, 1.807) is 12.1 Å². The summed E-state index contributed by atoms with van der Waals surface area (Å²) in [5, 5.41) is 2.39. The van der Waals surface area contributed by atoms with Crippen LogP contribution in [0.25, 0.3) is 0 Å². The number of anilines is 1. The van der Waals surface area contributed by atoms with Crippen molar-refractivity contribution in [3.05, 3.63) is 58.6 Å². The van der Waals surface area contributed by atoms with Crippen molar-refractivity contribution < 1.29 is 22.7 Å². The molecule has 7 heteroatoms. The number of nitrogens with one attached hydrogen (secondary N) is 1. The molecule has 0 spiro atoms. The van der Waals surface area contributed by atoms with E-state index in [2.05, 4.69) is 5.32 Å². The molecule has 0 aromatic heterocycles. The predicted molar refractivity (Wildman–Crippen MR) is 91.0 cm³/mol. The molecule has 0 heterocycles. The van der Waals surface area contributed by atoms with Crippen LogP contribution >= 0.6 is 11.6 Å². The molecule has 1 unspecified atom stereocenters. The molecule has 0 fully saturated rings. The van der Waals surface area contributed by atoms with E-state index in [9.17, 15) is 18.0 Å². The number of alkyl halides is 3. The number of hydrogen-bond acceptors (Lipinski definition) is 2. The average Bonchev–Trinajstić information content (AvgIpc) is 2.55. The van der Waals surface area contributed by atoms with E-state index in [-0.39, 0.29) is 10.7 Å². The van der Waals surface area contributed by atoms with Crippen molar-refractivity contribution in [2.45, 2.75) is 32.5 Å². The fraction of sp³-hybridized carbons (Fsp3) is 0.278. The Kier molecular flexibility index (Phi) is 5.95. The Balaban J connectivity index is 2.10. The molecule has 0 radical (unpaired) electrons. The molecule has 2 aromatic carbocycles. The molecular formula is C18H17ClF3NO2. The molecule has 0 saturated carbocycles. The van der Waals surface area contributed by atoms with Gasteiger partial charge >= 0.3 is 6.18 Å². The second-order valence-electron chi connectivity index (χ2n) is 5.44. The van der Waals surface area contributed by atoms with Crippen molar-refractivity contribution in [1.82, 2.24) is 0 Å². The van der Waals surface area contributed by atoms with Crippen LogP contribution in [0.3, 0.4) is 0 Å². The smallest absolute Gasteiger partial charge is 0.416 e. The van der Waals surface area contributed by atoms with Gasteiger partial charge in [0.05, 0.1) is 16.3 Å². The molecule has 0 aliphatic heterocycles. The second kappa shape index (κ2) is 7.78. The molecule has 0 saturated heterocycles. The van der Waals surface area contributed by atoms with Crippen molar-refractivity contribution >= 4 is 23.2 Å². The molecule has 0 aliphatic rings. The van der Waals surface area contributed by atoms with Gasteiger partial charge in [-0.15, -0.1) is 0 Å². The second-order valence-corrected chi connectivity index (χ2v) is 5.85. The SMILES string of the molecule is CCc1cccc(OC(C)C(=O)Nc2cc(C(F)(F)F)ccc2Cl)c1. The third-order valence-corrected chi connectivity index (χ3v) is 3.87. The van der Waals surface area contributed by atoms with Gasteiger partial charge in [-0.2, -0.15) is 13.2 Å². The van der Waals surface area contributed by atoms with Crippen LogP contribution in [0, 0.1) is 0 Å². The highest BCUT2D eigenvalue weighted by Crippen LogP contribution is 2.33. The molecule has 1 N–H and O–H groups in total. The summed E-state index contributed by atoms with van der Waals surface area (Å²) in [6, 6.07) is 10.00. The van der Waals surface area contributed by atoms with Crippen molar-refractivity contribution in [3.63, 3.8) is 0 Å². The summed E-state index contributed by atoms with van der Waals surface area (Å²) in [4.78, 5) is 12.2. The Morgan fingerprint density at radius 2 is 1.96 bits per heavy atom. The van der Waals surface area contributed by atoms with Crippen LogP contribution in [0.4, 0.5) is 18.9 Å². The Labute approximate surface area is 148 Å². The number of carbonyl (C=O) groups excluding carboxylic acids is 1. The summed E-state index contributed by atoms with van der Waals surface area (Å²) in [7, 11) is 0. The van der Waals surface area contributed by atoms with Gasteiger partial charge in [0, 0.05) is 0 Å². The molecule has 134 valence electrons. The monoisotopic (exact) mass is 371 g/mol. The molecule has 0 aliphatic carbocycles. The normalized spacial score (nSPS) is 12.6. The third-order valence-electron chi connectivity index (χ3n) is 3.54. The lowest BCUT2D eigenvalue weighted by atomic mass is 10.1. The van der Waals surface area contributed by atoms with Crippen LogP contribution in [0.1, 0.15) is 25.0 Å². The average molecular weight is 372 g/mol. The van der Waals surface area contributed by atoms with Crippen LogP contribution < -0.4 is 10.1 Å². The Bertz CT molecular complexity index is 762. The summed E-state index contributed by atoms with van der Waals surface area (Å²) in [6.45, 7) is 3.50. The first-order valence-electron chi connectivity index (χ1n) is 7.64. The molecule has 1 amide bonds. The van der Waals surface area contributed by atoms with Gasteiger partial charge < -0.3 is 10.1 Å². The number of carbonyl (C=O) groups is 1. The number of rotatable bonds is 5. The minimum absolute atomic E-state index is 0.0153. The van der Waals surface area contributed by atoms with E-state index in [0.29, 0.717) is 5.75 Å². The Morgan fingerprint density at radius 1 is 1.24 bits per heavy atom. The quantitative estimate of drug-likeness (QED) is 0.771. The van der Waals surface area contributed by atoms with Gasteiger partial charge in [0.25, 0.3) is 5.91 Å². The molecule has 3 nitrogen and oxygen atoms in total. The van der Waals surface area contributed by atoms with Crippen LogP contribution in [-0.4, -0.2) is 12.0 Å². The first kappa shape index (κ1) is 19.1. The van der Waals surface area contributed by atoms with Gasteiger partial charge in [-0.05, 0) is 49.2 Å². The maximum atomic E-state index is 12.8. The van der Waals surface area contributed by atoms with Crippen molar-refractivity contribution in [3.8, 4) is 5.75 Å². The van der Waals surface area contributed by atoms with Gasteiger partial charge in [-0.25, -0.2) is 0 Å². The first-order chi connectivity index (χ1) is 11.7. The minimum Gasteiger partial charge on any atom is -0.481 e. The summed E-state index contributed by atoms with van der Waals surface area (Å²) < 4.78 is 43.9. The summed E-state index contributed by atoms with van der Waals surface area (Å²) in [5.41, 5.74) is 0.0432. The van der Waals surface area contributed by atoms with E-state index in [1.165, 1.54) is 6.92 Å². The number of hydrogen-bond donors (Lipinski definition) is 1. The van der Waals surface area contributed by atoms with E-state index in [4.69, 9.17) is 16.3 Å². The molecule has 0 bridgehead atoms. The lowest BCUT2D eigenvalue weighted by Gasteiger charge is -2.17. The molecule has 2 rings (SSSR count). The van der Waals surface area contributed by atoms with E-state index >= 15 is 0 Å². The number of aryl methyl sites for hydroxylation is 1. The molecule has 1 atom stereocenters. The highest BCUT2D eigenvalue weighted by Gasteiger charge is 2.31. The number of ether oxygens (including phenoxy) is 1. The maximum absolute atomic E-state index is 12.8. The van der Waals surface area contributed by atoms with Gasteiger partial charge in [0.1, 0.15) is 5.75 Å². The van der Waals surface area contributed by atoms with E-state index in [1.807, 2.05) is 19.1 Å². The predicted octanol–water partition coefficient (Wildman–Crippen LogP) is 5.33. The first-order valence-corrected chi connectivity index (χ1v) is 8.01. The fourth-order valence-corrected chi connectivity index (χ4v) is 2.29. The van der Waals surface area contributed by atoms with Gasteiger partial charge in [0.2, 0.25) is 0 Å². The zero-order valence-electron chi connectivity index (χ0n) is 13.7. The Hall–Kier alpha value is -2.21. The van der Waals surface area contributed by atoms with Gasteiger partial charge in [-0.3, -0.25) is 4.79 Å².